The molecule has 13 heavy (non-hydrogen) atoms. The first-order chi connectivity index (χ1) is 5.04. The highest BCUT2D eigenvalue weighted by Gasteiger charge is 2.25. The maximum Gasteiger partial charge on any atom is 0.336 e. The standard InChI is InChI=1S/C5H11NO5.2ClH/c1-6(9-2,10-3)11-4-5(7)8;;/h4H2,1-3H3;2*1H. The molecule has 0 aromatic carbocycles. The maximum atomic E-state index is 10.0. The summed E-state index contributed by atoms with van der Waals surface area (Å²) in [4.78, 5) is 23.4. The van der Waals surface area contributed by atoms with Crippen molar-refractivity contribution in [3.05, 3.63) is 0 Å². The molecule has 0 unspecified atom stereocenters. The number of aliphatic carboxylic acids is 1. The Labute approximate surface area is 88.6 Å². The van der Waals surface area contributed by atoms with Crippen LogP contribution in [0.25, 0.3) is 0 Å². The van der Waals surface area contributed by atoms with Gasteiger partial charge in [-0.15, -0.1) is 26.9 Å². The van der Waals surface area contributed by atoms with Crippen LogP contribution >= 0.6 is 12.4 Å². The molecule has 0 aromatic rings. The van der Waals surface area contributed by atoms with Crippen LogP contribution in [0.2, 0.25) is 0 Å². The lowest BCUT2D eigenvalue weighted by Gasteiger charge is -2.20. The van der Waals surface area contributed by atoms with Gasteiger partial charge in [-0.1, -0.05) is 0 Å². The van der Waals surface area contributed by atoms with E-state index in [-0.39, 0.29) is 24.8 Å². The van der Waals surface area contributed by atoms with E-state index in [1.54, 1.807) is 0 Å². The molecule has 0 aliphatic rings. The number of hydroxylamine groups is 3. The molecule has 82 valence electrons. The fourth-order valence-corrected chi connectivity index (χ4v) is 0.352. The van der Waals surface area contributed by atoms with E-state index in [0.29, 0.717) is 0 Å². The summed E-state index contributed by atoms with van der Waals surface area (Å²) in [5, 5.41) is 8.22. The number of rotatable bonds is 5. The van der Waals surface area contributed by atoms with E-state index in [1.165, 1.54) is 21.3 Å². The van der Waals surface area contributed by atoms with Crippen molar-refractivity contribution >= 4 is 18.4 Å². The van der Waals surface area contributed by atoms with Gasteiger partial charge in [-0.2, -0.15) is 0 Å². The second-order valence-corrected chi connectivity index (χ2v) is 1.80. The van der Waals surface area contributed by atoms with Gasteiger partial charge in [0.25, 0.3) is 0 Å². The normalized spacial score (nSPS) is 9.77. The Morgan fingerprint density at radius 2 is 1.77 bits per heavy atom. The van der Waals surface area contributed by atoms with E-state index in [2.05, 4.69) is 14.5 Å². The van der Waals surface area contributed by atoms with Crippen molar-refractivity contribution in [3.63, 3.8) is 0 Å². The van der Waals surface area contributed by atoms with Gasteiger partial charge in [0.2, 0.25) is 6.61 Å². The van der Waals surface area contributed by atoms with Gasteiger partial charge < -0.3 is 17.5 Å². The minimum absolute atomic E-state index is 0. The lowest BCUT2D eigenvalue weighted by Crippen LogP contribution is -3.00. The highest BCUT2D eigenvalue weighted by molar-refractivity contribution is 5.85. The lowest BCUT2D eigenvalue weighted by atomic mass is 10.8. The molecular weight excluding hydrogens is 225 g/mol. The van der Waals surface area contributed by atoms with Crippen LogP contribution in [-0.4, -0.2) is 43.9 Å². The van der Waals surface area contributed by atoms with Crippen LogP contribution < -0.4 is 12.4 Å². The van der Waals surface area contributed by atoms with E-state index in [9.17, 15) is 4.79 Å². The molecule has 1 N–H and O–H groups in total. The summed E-state index contributed by atoms with van der Waals surface area (Å²) in [7, 11) is 4.10. The quantitative estimate of drug-likeness (QED) is 0.408. The van der Waals surface area contributed by atoms with Gasteiger partial charge in [-0.25, -0.2) is 4.79 Å². The van der Waals surface area contributed by atoms with Gasteiger partial charge >= 0.3 is 5.97 Å². The monoisotopic (exact) mass is 237 g/mol. The van der Waals surface area contributed by atoms with Crippen molar-refractivity contribution in [1.82, 2.24) is 0 Å². The molecule has 0 saturated heterocycles. The van der Waals surface area contributed by atoms with E-state index in [1.807, 2.05) is 0 Å². The van der Waals surface area contributed by atoms with Crippen LogP contribution in [0, 0.1) is 0 Å². The number of hydrogen-bond donors (Lipinski definition) is 1. The number of quaternary nitrogens is 1. The van der Waals surface area contributed by atoms with Gasteiger partial charge in [0.05, 0.1) is 4.97 Å². The molecule has 0 saturated carbocycles. The molecule has 6 nitrogen and oxygen atoms in total. The molecule has 8 heteroatoms. The molecule has 0 radical (unpaired) electrons. The molecule has 0 aromatic heterocycles. The fraction of sp³-hybridized carbons (Fsp3) is 0.800. The van der Waals surface area contributed by atoms with Gasteiger partial charge in [0, 0.05) is 0 Å². The van der Waals surface area contributed by atoms with Crippen molar-refractivity contribution in [2.45, 2.75) is 0 Å². The fourth-order valence-electron chi connectivity index (χ4n) is 0.352. The third kappa shape index (κ3) is 8.23. The van der Waals surface area contributed by atoms with E-state index in [4.69, 9.17) is 5.11 Å². The Balaban J connectivity index is -0.000000500. The predicted octanol–water partition coefficient (Wildman–Crippen LogP) is -3.00. The number of carboxylic acid groups (broad SMARTS) is 1. The van der Waals surface area contributed by atoms with E-state index < -0.39 is 17.5 Å². The second kappa shape index (κ2) is 8.49. The van der Waals surface area contributed by atoms with Crippen molar-refractivity contribution < 1.29 is 41.8 Å². The molecule has 0 aliphatic carbocycles. The number of carboxylic acids is 1. The first kappa shape index (κ1) is 18.6. The molecule has 0 fully saturated rings. The first-order valence-corrected chi connectivity index (χ1v) is 2.88. The SMILES string of the molecule is CO[N+](C)(OC)OCC(=O)O.Cl.[Cl-]. The van der Waals surface area contributed by atoms with Crippen LogP contribution in [0.3, 0.4) is 0 Å². The Kier molecular flexibility index (Phi) is 12.2. The summed E-state index contributed by atoms with van der Waals surface area (Å²) < 4.78 is 0. The average Bonchev–Trinajstić information content (AvgIpc) is 2.00. The number of nitrogens with zero attached hydrogens (tertiary/aromatic N) is 1. The first-order valence-electron chi connectivity index (χ1n) is 2.88. The second-order valence-electron chi connectivity index (χ2n) is 1.80. The van der Waals surface area contributed by atoms with Crippen molar-refractivity contribution in [2.24, 2.45) is 0 Å². The van der Waals surface area contributed by atoms with Crippen LogP contribution in [0.5, 0.6) is 0 Å². The molecule has 0 heterocycles. The zero-order chi connectivity index (χ0) is 8.91. The Bertz CT molecular complexity index is 141. The number of halogens is 2. The predicted molar refractivity (Wildman–Crippen MR) is 41.0 cm³/mol. The maximum absolute atomic E-state index is 10.0. The third-order valence-electron chi connectivity index (χ3n) is 1.09. The largest absolute Gasteiger partial charge is 1.00 e. The Morgan fingerprint density at radius 1 is 1.38 bits per heavy atom. The van der Waals surface area contributed by atoms with Gasteiger partial charge in [0.1, 0.15) is 14.2 Å². The smallest absolute Gasteiger partial charge is 0.336 e. The van der Waals surface area contributed by atoms with Crippen LogP contribution in [-0.2, 0) is 19.3 Å². The average molecular weight is 238 g/mol. The topological polar surface area (TPSA) is 65.0 Å². The van der Waals surface area contributed by atoms with Crippen molar-refractivity contribution in [1.29, 1.82) is 0 Å². The summed E-state index contributed by atoms with van der Waals surface area (Å²) in [5.41, 5.74) is 0. The minimum atomic E-state index is -1.08. The zero-order valence-corrected chi connectivity index (χ0v) is 9.09. The van der Waals surface area contributed by atoms with Crippen LogP contribution in [0.1, 0.15) is 0 Å². The zero-order valence-electron chi connectivity index (χ0n) is 7.52. The summed E-state index contributed by atoms with van der Waals surface area (Å²) in [6.07, 6.45) is 0. The third-order valence-corrected chi connectivity index (χ3v) is 1.09. The Hall–Kier alpha value is -0.110. The minimum Gasteiger partial charge on any atom is -1.00 e. The molecule has 0 spiro atoms. The van der Waals surface area contributed by atoms with Crippen molar-refractivity contribution in [3.8, 4) is 0 Å². The van der Waals surface area contributed by atoms with E-state index in [0.717, 1.165) is 0 Å². The summed E-state index contributed by atoms with van der Waals surface area (Å²) >= 11 is 0. The van der Waals surface area contributed by atoms with E-state index >= 15 is 0 Å². The summed E-state index contributed by atoms with van der Waals surface area (Å²) in [6.45, 7) is -0.474. The van der Waals surface area contributed by atoms with Crippen LogP contribution in [0.4, 0.5) is 0 Å². The molecule has 0 rings (SSSR count). The summed E-state index contributed by atoms with van der Waals surface area (Å²) in [5.74, 6) is -1.08. The highest BCUT2D eigenvalue weighted by Crippen LogP contribution is 2.02. The lowest BCUT2D eigenvalue weighted by molar-refractivity contribution is -1.35. The van der Waals surface area contributed by atoms with Crippen LogP contribution in [0.15, 0.2) is 0 Å². The number of carbonyl (C=O) groups is 1. The molecule has 0 aliphatic heterocycles. The summed E-state index contributed by atoms with van der Waals surface area (Å²) in [6, 6.07) is 0. The number of hydrogen-bond acceptors (Lipinski definition) is 4. The molecular formula is C5H13Cl2NO5. The molecule has 0 bridgehead atoms. The van der Waals surface area contributed by atoms with Crippen molar-refractivity contribution in [2.75, 3.05) is 27.9 Å². The Morgan fingerprint density at radius 3 is 2.00 bits per heavy atom. The molecule has 0 amide bonds. The highest BCUT2D eigenvalue weighted by atomic mass is 35.5. The van der Waals surface area contributed by atoms with Gasteiger partial charge in [-0.3, -0.25) is 0 Å². The van der Waals surface area contributed by atoms with Gasteiger partial charge in [-0.05, 0) is 0 Å². The molecule has 0 atom stereocenters. The van der Waals surface area contributed by atoms with Gasteiger partial charge in [0.15, 0.2) is 7.05 Å².